The molecule has 9 heteroatoms. The molecule has 160 valence electrons. The van der Waals surface area contributed by atoms with E-state index in [1.54, 1.807) is 20.8 Å². The minimum Gasteiger partial charge on any atom is -0.444 e. The van der Waals surface area contributed by atoms with Crippen molar-refractivity contribution < 1.29 is 27.1 Å². The van der Waals surface area contributed by atoms with Crippen molar-refractivity contribution in [3.63, 3.8) is 0 Å². The summed E-state index contributed by atoms with van der Waals surface area (Å²) in [4.78, 5) is 24.5. The SMILES string of the molecule is CC(C)(C)OC(=O)N[C@]1(C=O)[C@@H](c2cccc(F)c2)[C@@H]1S(=O)(=O)c1ccc(Cl)cc1. The monoisotopic (exact) mass is 453 g/mol. The topological polar surface area (TPSA) is 89.5 Å². The summed E-state index contributed by atoms with van der Waals surface area (Å²) in [7, 11) is -4.08. The Morgan fingerprint density at radius 2 is 1.83 bits per heavy atom. The van der Waals surface area contributed by atoms with Crippen molar-refractivity contribution in [2.24, 2.45) is 0 Å². The van der Waals surface area contributed by atoms with Gasteiger partial charge in [-0.05, 0) is 62.7 Å². The van der Waals surface area contributed by atoms with Crippen molar-refractivity contribution in [2.45, 2.75) is 48.0 Å². The molecule has 0 bridgehead atoms. The molecule has 1 saturated carbocycles. The molecular formula is C21H21ClFNO5S. The summed E-state index contributed by atoms with van der Waals surface area (Å²) in [6, 6.07) is 10.8. The van der Waals surface area contributed by atoms with Gasteiger partial charge in [-0.1, -0.05) is 23.7 Å². The molecule has 3 rings (SSSR count). The molecule has 30 heavy (non-hydrogen) atoms. The second-order valence-corrected chi connectivity index (χ2v) is 10.6. The Kier molecular flexibility index (Phi) is 5.68. The average Bonchev–Trinajstić information content (AvgIpc) is 3.30. The number of carbonyl (C=O) groups excluding carboxylic acids is 2. The van der Waals surface area contributed by atoms with Crippen LogP contribution < -0.4 is 5.32 Å². The van der Waals surface area contributed by atoms with Crippen molar-refractivity contribution in [1.29, 1.82) is 0 Å². The first kappa shape index (κ1) is 22.2. The molecule has 1 aliphatic carbocycles. The number of hydrogen-bond donors (Lipinski definition) is 1. The highest BCUT2D eigenvalue weighted by atomic mass is 35.5. The van der Waals surface area contributed by atoms with Crippen LogP contribution in [0.25, 0.3) is 0 Å². The molecule has 1 aliphatic rings. The Morgan fingerprint density at radius 1 is 1.20 bits per heavy atom. The molecule has 3 atom stereocenters. The molecule has 0 radical (unpaired) electrons. The average molecular weight is 454 g/mol. The van der Waals surface area contributed by atoms with Crippen LogP contribution in [0.1, 0.15) is 32.3 Å². The smallest absolute Gasteiger partial charge is 0.408 e. The lowest BCUT2D eigenvalue weighted by Crippen LogP contribution is -2.45. The van der Waals surface area contributed by atoms with Gasteiger partial charge in [0.25, 0.3) is 0 Å². The van der Waals surface area contributed by atoms with Gasteiger partial charge in [0.1, 0.15) is 28.5 Å². The zero-order chi connectivity index (χ0) is 22.3. The summed E-state index contributed by atoms with van der Waals surface area (Å²) in [5.74, 6) is -1.57. The number of alkyl carbamates (subject to hydrolysis) is 1. The Morgan fingerprint density at radius 3 is 2.37 bits per heavy atom. The summed E-state index contributed by atoms with van der Waals surface area (Å²) in [5, 5.41) is 1.43. The van der Waals surface area contributed by atoms with Crippen LogP contribution in [0.4, 0.5) is 9.18 Å². The van der Waals surface area contributed by atoms with E-state index in [1.807, 2.05) is 0 Å². The molecule has 0 spiro atoms. The van der Waals surface area contributed by atoms with Crippen LogP contribution in [-0.4, -0.2) is 37.2 Å². The summed E-state index contributed by atoms with van der Waals surface area (Å²) >= 11 is 5.85. The van der Waals surface area contributed by atoms with Gasteiger partial charge >= 0.3 is 6.09 Å². The molecule has 0 saturated heterocycles. The maximum absolute atomic E-state index is 13.8. The first-order valence-corrected chi connectivity index (χ1v) is 11.1. The van der Waals surface area contributed by atoms with Crippen molar-refractivity contribution in [3.05, 3.63) is 64.9 Å². The maximum Gasteiger partial charge on any atom is 0.408 e. The van der Waals surface area contributed by atoms with Crippen molar-refractivity contribution in [3.8, 4) is 0 Å². The normalized spacial score (nSPS) is 23.5. The van der Waals surface area contributed by atoms with Crippen LogP contribution >= 0.6 is 11.6 Å². The lowest BCUT2D eigenvalue weighted by atomic mass is 10.1. The number of carbonyl (C=O) groups is 2. The van der Waals surface area contributed by atoms with Crippen molar-refractivity contribution >= 4 is 33.8 Å². The van der Waals surface area contributed by atoms with Gasteiger partial charge in [0.05, 0.1) is 4.90 Å². The number of nitrogens with one attached hydrogen (secondary N) is 1. The second kappa shape index (κ2) is 7.67. The van der Waals surface area contributed by atoms with E-state index >= 15 is 0 Å². The molecule has 0 aromatic heterocycles. The second-order valence-electron chi connectivity index (χ2n) is 8.13. The highest BCUT2D eigenvalue weighted by Gasteiger charge is 2.73. The Balaban J connectivity index is 2.06. The van der Waals surface area contributed by atoms with Gasteiger partial charge in [0.2, 0.25) is 0 Å². The van der Waals surface area contributed by atoms with Crippen molar-refractivity contribution in [1.82, 2.24) is 5.32 Å². The maximum atomic E-state index is 13.8. The van der Waals surface area contributed by atoms with Gasteiger partial charge < -0.3 is 14.8 Å². The van der Waals surface area contributed by atoms with E-state index in [0.29, 0.717) is 11.3 Å². The summed E-state index contributed by atoms with van der Waals surface area (Å²) in [6.45, 7) is 4.91. The highest BCUT2D eigenvalue weighted by molar-refractivity contribution is 7.92. The zero-order valence-electron chi connectivity index (χ0n) is 16.6. The fraction of sp³-hybridized carbons (Fsp3) is 0.333. The number of benzene rings is 2. The standard InChI is InChI=1S/C21H21ClFNO5S/c1-20(2,3)29-19(26)24-21(12-25)17(13-5-4-6-15(23)11-13)18(21)30(27,28)16-9-7-14(22)8-10-16/h4-12,17-18H,1-3H3,(H,24,26)/t17-,18-,21+/m0/s1. The molecule has 2 aromatic rings. The van der Waals surface area contributed by atoms with Gasteiger partial charge in [-0.3, -0.25) is 0 Å². The molecule has 1 amide bonds. The third-order valence-electron chi connectivity index (χ3n) is 4.78. The Labute approximate surface area is 179 Å². The van der Waals surface area contributed by atoms with Gasteiger partial charge in [0, 0.05) is 10.9 Å². The highest BCUT2D eigenvalue weighted by Crippen LogP contribution is 2.56. The van der Waals surface area contributed by atoms with Gasteiger partial charge in [-0.15, -0.1) is 0 Å². The quantitative estimate of drug-likeness (QED) is 0.694. The number of sulfone groups is 1. The predicted molar refractivity (Wildman–Crippen MR) is 110 cm³/mol. The lowest BCUT2D eigenvalue weighted by Gasteiger charge is -2.22. The molecule has 6 nitrogen and oxygen atoms in total. The number of aldehydes is 1. The molecule has 0 heterocycles. The third kappa shape index (κ3) is 4.20. The van der Waals surface area contributed by atoms with E-state index < -0.39 is 44.1 Å². The van der Waals surface area contributed by atoms with Crippen LogP contribution in [0.2, 0.25) is 5.02 Å². The molecule has 2 aromatic carbocycles. The van der Waals surface area contributed by atoms with E-state index in [-0.39, 0.29) is 10.5 Å². The van der Waals surface area contributed by atoms with E-state index in [1.165, 1.54) is 42.5 Å². The summed E-state index contributed by atoms with van der Waals surface area (Å²) in [6.07, 6.45) is -0.560. The lowest BCUT2D eigenvalue weighted by molar-refractivity contribution is -0.110. The molecular weight excluding hydrogens is 433 g/mol. The largest absolute Gasteiger partial charge is 0.444 e. The fourth-order valence-corrected chi connectivity index (χ4v) is 5.90. The predicted octanol–water partition coefficient (Wildman–Crippen LogP) is 3.88. The zero-order valence-corrected chi connectivity index (χ0v) is 18.1. The van der Waals surface area contributed by atoms with E-state index in [9.17, 15) is 22.4 Å². The van der Waals surface area contributed by atoms with Gasteiger partial charge in [-0.2, -0.15) is 0 Å². The van der Waals surface area contributed by atoms with Crippen LogP contribution in [-0.2, 0) is 19.4 Å². The Hall–Kier alpha value is -2.45. The van der Waals surface area contributed by atoms with Crippen LogP contribution in [0, 0.1) is 5.82 Å². The van der Waals surface area contributed by atoms with Crippen molar-refractivity contribution in [2.75, 3.05) is 0 Å². The van der Waals surface area contributed by atoms with E-state index in [2.05, 4.69) is 5.32 Å². The number of rotatable bonds is 5. The molecule has 0 aliphatic heterocycles. The number of amides is 1. The summed E-state index contributed by atoms with van der Waals surface area (Å²) < 4.78 is 45.7. The molecule has 0 unspecified atom stereocenters. The number of halogens is 2. The van der Waals surface area contributed by atoms with E-state index in [0.717, 1.165) is 6.07 Å². The number of hydrogen-bond acceptors (Lipinski definition) is 5. The summed E-state index contributed by atoms with van der Waals surface area (Å²) in [5.41, 5.74) is -2.38. The Bertz CT molecular complexity index is 1080. The van der Waals surface area contributed by atoms with Crippen LogP contribution in [0.3, 0.4) is 0 Å². The minimum atomic E-state index is -4.08. The molecule has 1 N–H and O–H groups in total. The van der Waals surface area contributed by atoms with Gasteiger partial charge in [-0.25, -0.2) is 17.6 Å². The fourth-order valence-electron chi connectivity index (χ4n) is 3.53. The first-order valence-electron chi connectivity index (χ1n) is 9.13. The van der Waals surface area contributed by atoms with Gasteiger partial charge in [0.15, 0.2) is 9.84 Å². The first-order chi connectivity index (χ1) is 13.9. The third-order valence-corrected chi connectivity index (χ3v) is 7.29. The number of ether oxygens (including phenoxy) is 1. The minimum absolute atomic E-state index is 0.0620. The van der Waals surface area contributed by atoms with Crippen LogP contribution in [0.15, 0.2) is 53.4 Å². The van der Waals surface area contributed by atoms with Crippen LogP contribution in [0.5, 0.6) is 0 Å². The molecule has 1 fully saturated rings. The van der Waals surface area contributed by atoms with E-state index in [4.69, 9.17) is 16.3 Å².